The minimum Gasteiger partial charge on any atom is -0.361 e. The molecular weight excluding hydrogens is 374 g/mol. The van der Waals surface area contributed by atoms with Crippen LogP contribution < -0.4 is 10.6 Å². The van der Waals surface area contributed by atoms with E-state index in [1.54, 1.807) is 24.4 Å². The number of nitrogens with one attached hydrogen (secondary N) is 3. The van der Waals surface area contributed by atoms with Crippen molar-refractivity contribution < 1.29 is 4.79 Å². The Kier molecular flexibility index (Phi) is 5.21. The number of carbonyl (C=O) groups is 1. The van der Waals surface area contributed by atoms with Gasteiger partial charge in [-0.25, -0.2) is 9.97 Å². The van der Waals surface area contributed by atoms with Crippen molar-refractivity contribution in [1.82, 2.24) is 20.3 Å². The summed E-state index contributed by atoms with van der Waals surface area (Å²) >= 11 is 5.89. The number of aromatic amines is 1. The summed E-state index contributed by atoms with van der Waals surface area (Å²) in [5.74, 6) is 0.119. The van der Waals surface area contributed by atoms with Crippen LogP contribution in [0, 0.1) is 0 Å². The van der Waals surface area contributed by atoms with Crippen LogP contribution in [0.4, 0.5) is 11.6 Å². The molecule has 0 aliphatic heterocycles. The van der Waals surface area contributed by atoms with E-state index in [0.29, 0.717) is 23.2 Å². The molecule has 0 radical (unpaired) electrons. The van der Waals surface area contributed by atoms with Gasteiger partial charge in [-0.05, 0) is 48.4 Å². The molecular formula is C21H18ClN5O. The molecule has 28 heavy (non-hydrogen) atoms. The molecule has 140 valence electrons. The summed E-state index contributed by atoms with van der Waals surface area (Å²) in [6, 6.07) is 16.9. The second-order valence-corrected chi connectivity index (χ2v) is 6.70. The van der Waals surface area contributed by atoms with E-state index in [1.807, 2.05) is 36.5 Å². The van der Waals surface area contributed by atoms with Crippen LogP contribution in [0.3, 0.4) is 0 Å². The largest absolute Gasteiger partial charge is 0.361 e. The van der Waals surface area contributed by atoms with Crippen LogP contribution in [0.1, 0.15) is 16.1 Å². The number of H-pyrrole nitrogens is 1. The van der Waals surface area contributed by atoms with E-state index in [9.17, 15) is 4.79 Å². The summed E-state index contributed by atoms with van der Waals surface area (Å²) in [5.41, 5.74) is 3.37. The van der Waals surface area contributed by atoms with Gasteiger partial charge in [0.25, 0.3) is 5.91 Å². The van der Waals surface area contributed by atoms with Crippen LogP contribution in [-0.2, 0) is 6.42 Å². The monoisotopic (exact) mass is 391 g/mol. The first-order valence-electron chi connectivity index (χ1n) is 8.88. The average Bonchev–Trinajstić information content (AvgIpc) is 3.13. The number of carbonyl (C=O) groups excluding carboxylic acids is 1. The van der Waals surface area contributed by atoms with E-state index in [2.05, 4.69) is 31.7 Å². The van der Waals surface area contributed by atoms with Crippen LogP contribution in [-0.4, -0.2) is 27.4 Å². The number of rotatable bonds is 6. The molecule has 6 nitrogen and oxygen atoms in total. The normalized spacial score (nSPS) is 10.8. The Morgan fingerprint density at radius 2 is 1.89 bits per heavy atom. The number of anilines is 2. The molecule has 0 atom stereocenters. The number of fused-ring (bicyclic) bond motifs is 1. The van der Waals surface area contributed by atoms with Gasteiger partial charge < -0.3 is 15.6 Å². The molecule has 1 amide bonds. The fraction of sp³-hybridized carbons (Fsp3) is 0.0952. The van der Waals surface area contributed by atoms with E-state index >= 15 is 0 Å². The van der Waals surface area contributed by atoms with Crippen LogP contribution in [0.5, 0.6) is 0 Å². The molecule has 2 heterocycles. The lowest BCUT2D eigenvalue weighted by Gasteiger charge is -2.07. The maximum atomic E-state index is 12.4. The van der Waals surface area contributed by atoms with Crippen molar-refractivity contribution in [3.8, 4) is 0 Å². The molecule has 2 aromatic heterocycles. The lowest BCUT2D eigenvalue weighted by molar-refractivity contribution is 0.0949. The van der Waals surface area contributed by atoms with E-state index in [-0.39, 0.29) is 5.91 Å². The number of halogens is 1. The summed E-state index contributed by atoms with van der Waals surface area (Å²) in [7, 11) is 0. The zero-order valence-corrected chi connectivity index (χ0v) is 15.7. The van der Waals surface area contributed by atoms with E-state index in [1.165, 1.54) is 10.9 Å². The predicted molar refractivity (Wildman–Crippen MR) is 111 cm³/mol. The number of para-hydroxylation sites is 1. The van der Waals surface area contributed by atoms with Gasteiger partial charge in [0.15, 0.2) is 0 Å². The molecule has 7 heteroatoms. The minimum absolute atomic E-state index is 0.235. The molecule has 0 bridgehead atoms. The van der Waals surface area contributed by atoms with Crippen LogP contribution >= 0.6 is 11.6 Å². The quantitative estimate of drug-likeness (QED) is 0.457. The van der Waals surface area contributed by atoms with Crippen molar-refractivity contribution in [2.75, 3.05) is 11.9 Å². The number of aromatic nitrogens is 3. The van der Waals surface area contributed by atoms with Crippen molar-refractivity contribution in [3.63, 3.8) is 0 Å². The number of nitrogens with zero attached hydrogens (tertiary/aromatic N) is 2. The Bertz CT molecular complexity index is 1110. The van der Waals surface area contributed by atoms with Crippen molar-refractivity contribution in [2.24, 2.45) is 0 Å². The lowest BCUT2D eigenvalue weighted by Crippen LogP contribution is -2.26. The molecule has 0 spiro atoms. The van der Waals surface area contributed by atoms with Crippen LogP contribution in [0.15, 0.2) is 67.0 Å². The fourth-order valence-electron chi connectivity index (χ4n) is 2.95. The molecule has 0 unspecified atom stereocenters. The summed E-state index contributed by atoms with van der Waals surface area (Å²) in [5, 5.41) is 7.79. The van der Waals surface area contributed by atoms with Gasteiger partial charge in [-0.3, -0.25) is 4.79 Å². The van der Waals surface area contributed by atoms with Gasteiger partial charge in [0.05, 0.1) is 0 Å². The third kappa shape index (κ3) is 4.13. The van der Waals surface area contributed by atoms with Gasteiger partial charge in [0, 0.05) is 40.6 Å². The summed E-state index contributed by atoms with van der Waals surface area (Å²) in [4.78, 5) is 24.1. The molecule has 3 N–H and O–H groups in total. The third-order valence-corrected chi connectivity index (χ3v) is 4.60. The fourth-order valence-corrected chi connectivity index (χ4v) is 3.07. The highest BCUT2D eigenvalue weighted by Crippen LogP contribution is 2.18. The second kappa shape index (κ2) is 8.10. The number of benzene rings is 2. The van der Waals surface area contributed by atoms with Gasteiger partial charge in [0.2, 0.25) is 5.95 Å². The van der Waals surface area contributed by atoms with Gasteiger partial charge >= 0.3 is 0 Å². The highest BCUT2D eigenvalue weighted by Gasteiger charge is 2.09. The van der Waals surface area contributed by atoms with Crippen LogP contribution in [0.2, 0.25) is 5.02 Å². The molecule has 0 saturated carbocycles. The predicted octanol–water partition coefficient (Wildman–Crippen LogP) is 4.33. The second-order valence-electron chi connectivity index (χ2n) is 6.26. The Labute approximate surface area is 167 Å². The van der Waals surface area contributed by atoms with Gasteiger partial charge in [-0.1, -0.05) is 29.8 Å². The zero-order chi connectivity index (χ0) is 19.3. The number of hydrogen-bond donors (Lipinski definition) is 3. The maximum Gasteiger partial charge on any atom is 0.270 e. The van der Waals surface area contributed by atoms with Crippen molar-refractivity contribution in [2.45, 2.75) is 6.42 Å². The number of amides is 1. The smallest absolute Gasteiger partial charge is 0.270 e. The Morgan fingerprint density at radius 3 is 2.75 bits per heavy atom. The van der Waals surface area contributed by atoms with E-state index in [4.69, 9.17) is 11.6 Å². The minimum atomic E-state index is -0.235. The van der Waals surface area contributed by atoms with Gasteiger partial charge in [-0.15, -0.1) is 0 Å². The van der Waals surface area contributed by atoms with Gasteiger partial charge in [-0.2, -0.15) is 0 Å². The van der Waals surface area contributed by atoms with Crippen molar-refractivity contribution in [3.05, 3.63) is 83.3 Å². The SMILES string of the molecule is O=C(NCCc1c[nH]c2ccccc12)c1ccnc(Nc2ccc(Cl)cc2)n1. The molecule has 0 fully saturated rings. The van der Waals surface area contributed by atoms with Crippen molar-refractivity contribution in [1.29, 1.82) is 0 Å². The van der Waals surface area contributed by atoms with Gasteiger partial charge in [0.1, 0.15) is 5.69 Å². The van der Waals surface area contributed by atoms with Crippen molar-refractivity contribution >= 4 is 40.0 Å². The highest BCUT2D eigenvalue weighted by atomic mass is 35.5. The zero-order valence-electron chi connectivity index (χ0n) is 14.9. The number of hydrogen-bond acceptors (Lipinski definition) is 4. The molecule has 0 aliphatic carbocycles. The third-order valence-electron chi connectivity index (χ3n) is 4.34. The standard InChI is InChI=1S/C21H18ClN5O/c22-15-5-7-16(8-6-15)26-21-24-12-10-19(27-21)20(28)23-11-9-14-13-25-18-4-2-1-3-17(14)18/h1-8,10,12-13,25H,9,11H2,(H,23,28)(H,24,26,27). The molecule has 0 aliphatic rings. The molecule has 4 rings (SSSR count). The first kappa shape index (κ1) is 18.0. The van der Waals surface area contributed by atoms with Crippen LogP contribution in [0.25, 0.3) is 10.9 Å². The first-order chi connectivity index (χ1) is 13.7. The summed E-state index contributed by atoms with van der Waals surface area (Å²) in [6.45, 7) is 0.518. The Morgan fingerprint density at radius 1 is 1.07 bits per heavy atom. The molecule has 2 aromatic carbocycles. The molecule has 0 saturated heterocycles. The topological polar surface area (TPSA) is 82.7 Å². The first-order valence-corrected chi connectivity index (χ1v) is 9.26. The lowest BCUT2D eigenvalue weighted by atomic mass is 10.1. The molecule has 4 aromatic rings. The Hall–Kier alpha value is -3.38. The van der Waals surface area contributed by atoms with E-state index in [0.717, 1.165) is 17.6 Å². The average molecular weight is 392 g/mol. The highest BCUT2D eigenvalue weighted by molar-refractivity contribution is 6.30. The Balaban J connectivity index is 1.37. The maximum absolute atomic E-state index is 12.4. The summed E-state index contributed by atoms with van der Waals surface area (Å²) in [6.07, 6.45) is 4.27. The summed E-state index contributed by atoms with van der Waals surface area (Å²) < 4.78 is 0. The van der Waals surface area contributed by atoms with E-state index < -0.39 is 0 Å².